The Kier molecular flexibility index (Phi) is 2.98. The summed E-state index contributed by atoms with van der Waals surface area (Å²) in [5.74, 6) is 0.863. The number of hydrogen-bond acceptors (Lipinski definition) is 0. The zero-order valence-corrected chi connectivity index (χ0v) is 12.1. The van der Waals surface area contributed by atoms with E-state index in [0.717, 1.165) is 34.2 Å². The Balaban J connectivity index is 1.93. The number of fused-ring (bicyclic) bond motifs is 3. The molecule has 3 aromatic carbocycles. The van der Waals surface area contributed by atoms with E-state index in [-0.39, 0.29) is 0 Å². The van der Waals surface area contributed by atoms with E-state index in [1.54, 1.807) is 6.07 Å². The zero-order valence-electron chi connectivity index (χ0n) is 12.1. The van der Waals surface area contributed by atoms with E-state index in [1.165, 1.54) is 12.1 Å². The van der Waals surface area contributed by atoms with E-state index in [9.17, 15) is 13.2 Å². The lowest BCUT2D eigenvalue weighted by atomic mass is 9.88. The van der Waals surface area contributed by atoms with Crippen LogP contribution in [-0.2, 0) is 6.18 Å². The highest BCUT2D eigenvalue weighted by atomic mass is 19.4. The number of halogens is 3. The second-order valence-electron chi connectivity index (χ2n) is 5.54. The SMILES string of the molecule is FC(F)(F)c1cccc([C+]2c3ccccc3-c3ccccc32)c1. The fourth-order valence-corrected chi connectivity index (χ4v) is 3.18. The minimum absolute atomic E-state index is 0.595. The standard InChI is InChI=1S/C20H12F3/c21-20(22,23)14-7-5-6-13(12-14)19-17-10-3-1-8-15(17)16-9-2-4-11-18(16)19/h1-12H/q+1. The third-order valence-corrected chi connectivity index (χ3v) is 4.16. The molecule has 3 aromatic rings. The van der Waals surface area contributed by atoms with Gasteiger partial charge in [0.25, 0.3) is 0 Å². The molecule has 23 heavy (non-hydrogen) atoms. The monoisotopic (exact) mass is 309 g/mol. The van der Waals surface area contributed by atoms with Crippen LogP contribution >= 0.6 is 0 Å². The molecule has 0 radical (unpaired) electrons. The molecule has 0 aromatic heterocycles. The van der Waals surface area contributed by atoms with Crippen molar-refractivity contribution in [3.63, 3.8) is 0 Å². The van der Waals surface area contributed by atoms with E-state index in [2.05, 4.69) is 0 Å². The van der Waals surface area contributed by atoms with E-state index >= 15 is 0 Å². The lowest BCUT2D eigenvalue weighted by molar-refractivity contribution is -0.137. The van der Waals surface area contributed by atoms with Gasteiger partial charge in [-0.3, -0.25) is 0 Å². The molecule has 0 atom stereocenters. The van der Waals surface area contributed by atoms with E-state index in [0.29, 0.717) is 5.56 Å². The Labute approximate surface area is 132 Å². The first-order valence-corrected chi connectivity index (χ1v) is 7.29. The third-order valence-electron chi connectivity index (χ3n) is 4.16. The van der Waals surface area contributed by atoms with Crippen LogP contribution < -0.4 is 0 Å². The molecule has 112 valence electrons. The van der Waals surface area contributed by atoms with Gasteiger partial charge in [-0.25, -0.2) is 0 Å². The van der Waals surface area contributed by atoms with Crippen LogP contribution in [0.1, 0.15) is 22.3 Å². The van der Waals surface area contributed by atoms with Gasteiger partial charge in [-0.2, -0.15) is 13.2 Å². The maximum atomic E-state index is 13.0. The van der Waals surface area contributed by atoms with Crippen molar-refractivity contribution in [2.75, 3.05) is 0 Å². The largest absolute Gasteiger partial charge is 0.421 e. The van der Waals surface area contributed by atoms with Gasteiger partial charge in [0.05, 0.1) is 39.3 Å². The maximum absolute atomic E-state index is 13.0. The summed E-state index contributed by atoms with van der Waals surface area (Å²) in [4.78, 5) is 0. The number of rotatable bonds is 1. The fraction of sp³-hybridized carbons (Fsp3) is 0.0500. The molecule has 0 heterocycles. The summed E-state index contributed by atoms with van der Waals surface area (Å²) in [6.45, 7) is 0. The molecule has 0 nitrogen and oxygen atoms in total. The second kappa shape index (κ2) is 4.92. The topological polar surface area (TPSA) is 0 Å². The Morgan fingerprint density at radius 3 is 1.78 bits per heavy atom. The lowest BCUT2D eigenvalue weighted by Gasteiger charge is -2.11. The van der Waals surface area contributed by atoms with Crippen molar-refractivity contribution in [2.45, 2.75) is 6.18 Å². The minimum Gasteiger partial charge on any atom is -0.166 e. The highest BCUT2D eigenvalue weighted by Crippen LogP contribution is 2.47. The van der Waals surface area contributed by atoms with Gasteiger partial charge in [-0.05, 0) is 66.7 Å². The van der Waals surface area contributed by atoms with Crippen molar-refractivity contribution >= 4 is 0 Å². The van der Waals surface area contributed by atoms with Gasteiger partial charge in [0.1, 0.15) is 0 Å². The predicted molar refractivity (Wildman–Crippen MR) is 83.9 cm³/mol. The van der Waals surface area contributed by atoms with Crippen molar-refractivity contribution in [1.29, 1.82) is 0 Å². The Morgan fingerprint density at radius 1 is 0.652 bits per heavy atom. The molecule has 0 spiro atoms. The molecule has 0 saturated heterocycles. The highest BCUT2D eigenvalue weighted by Gasteiger charge is 2.38. The summed E-state index contributed by atoms with van der Waals surface area (Å²) in [5.41, 5.74) is 4.06. The van der Waals surface area contributed by atoms with Crippen LogP contribution in [0.2, 0.25) is 0 Å². The molecule has 0 fully saturated rings. The van der Waals surface area contributed by atoms with E-state index < -0.39 is 11.7 Å². The molecule has 3 heteroatoms. The summed E-state index contributed by atoms with van der Waals surface area (Å²) in [7, 11) is 0. The highest BCUT2D eigenvalue weighted by molar-refractivity contribution is 5.86. The van der Waals surface area contributed by atoms with Crippen LogP contribution in [0, 0.1) is 5.92 Å². The number of hydrogen-bond donors (Lipinski definition) is 0. The molecule has 0 aliphatic heterocycles. The molecule has 1 aliphatic rings. The van der Waals surface area contributed by atoms with Crippen molar-refractivity contribution in [1.82, 2.24) is 0 Å². The molecule has 0 saturated carbocycles. The summed E-state index contributed by atoms with van der Waals surface area (Å²) < 4.78 is 39.1. The van der Waals surface area contributed by atoms with Crippen molar-refractivity contribution in [3.05, 3.63) is 101 Å². The average molecular weight is 309 g/mol. The molecule has 0 bridgehead atoms. The molecular weight excluding hydrogens is 297 g/mol. The molecule has 1 aliphatic carbocycles. The molecule has 4 rings (SSSR count). The molecular formula is C20H12F3+. The van der Waals surface area contributed by atoms with Gasteiger partial charge >= 0.3 is 6.18 Å². The maximum Gasteiger partial charge on any atom is 0.421 e. The van der Waals surface area contributed by atoms with Gasteiger partial charge in [-0.1, -0.05) is 0 Å². The van der Waals surface area contributed by atoms with Crippen LogP contribution in [0.3, 0.4) is 0 Å². The smallest absolute Gasteiger partial charge is 0.166 e. The van der Waals surface area contributed by atoms with Gasteiger partial charge in [0, 0.05) is 6.07 Å². The third kappa shape index (κ3) is 2.20. The van der Waals surface area contributed by atoms with Gasteiger partial charge in [0.15, 0.2) is 0 Å². The van der Waals surface area contributed by atoms with Crippen LogP contribution in [0.4, 0.5) is 13.2 Å². The Morgan fingerprint density at radius 2 is 1.22 bits per heavy atom. The number of alkyl halides is 3. The zero-order chi connectivity index (χ0) is 16.0. The molecule has 0 amide bonds. The second-order valence-corrected chi connectivity index (χ2v) is 5.54. The first kappa shape index (κ1) is 13.9. The van der Waals surface area contributed by atoms with E-state index in [4.69, 9.17) is 0 Å². The quantitative estimate of drug-likeness (QED) is 0.395. The van der Waals surface area contributed by atoms with E-state index in [1.807, 2.05) is 48.5 Å². The number of benzene rings is 3. The first-order chi connectivity index (χ1) is 11.1. The fourth-order valence-electron chi connectivity index (χ4n) is 3.18. The summed E-state index contributed by atoms with van der Waals surface area (Å²) in [6, 6.07) is 21.2. The Bertz CT molecular complexity index is 832. The normalized spacial score (nSPS) is 12.9. The van der Waals surface area contributed by atoms with Crippen LogP contribution in [-0.4, -0.2) is 0 Å². The lowest BCUT2D eigenvalue weighted by Crippen LogP contribution is -2.07. The summed E-state index contributed by atoms with van der Waals surface area (Å²) >= 11 is 0. The Hall–Kier alpha value is -2.68. The minimum atomic E-state index is -4.34. The van der Waals surface area contributed by atoms with Gasteiger partial charge in [-0.15, -0.1) is 0 Å². The molecule has 0 unspecified atom stereocenters. The van der Waals surface area contributed by atoms with Crippen molar-refractivity contribution in [3.8, 4) is 11.1 Å². The van der Waals surface area contributed by atoms with Crippen LogP contribution in [0.5, 0.6) is 0 Å². The molecule has 0 N–H and O–H groups in total. The average Bonchev–Trinajstić information content (AvgIpc) is 2.89. The van der Waals surface area contributed by atoms with Crippen LogP contribution in [0.25, 0.3) is 11.1 Å². The van der Waals surface area contributed by atoms with Crippen LogP contribution in [0.15, 0.2) is 72.8 Å². The van der Waals surface area contributed by atoms with Gasteiger partial charge in [0.2, 0.25) is 0 Å². The van der Waals surface area contributed by atoms with Crippen molar-refractivity contribution < 1.29 is 13.2 Å². The van der Waals surface area contributed by atoms with Crippen molar-refractivity contribution in [2.24, 2.45) is 0 Å². The summed E-state index contributed by atoms with van der Waals surface area (Å²) in [6.07, 6.45) is -4.34. The first-order valence-electron chi connectivity index (χ1n) is 7.29. The summed E-state index contributed by atoms with van der Waals surface area (Å²) in [5, 5.41) is 0. The predicted octanol–water partition coefficient (Wildman–Crippen LogP) is 5.70. The van der Waals surface area contributed by atoms with Gasteiger partial charge < -0.3 is 0 Å².